The molecule has 0 spiro atoms. The van der Waals surface area contributed by atoms with Crippen molar-refractivity contribution in [1.29, 1.82) is 0 Å². The Bertz CT molecular complexity index is 774. The summed E-state index contributed by atoms with van der Waals surface area (Å²) in [5.74, 6) is 2.23. The van der Waals surface area contributed by atoms with E-state index in [4.69, 9.17) is 0 Å². The molecule has 0 fully saturated rings. The molecule has 0 bridgehead atoms. The van der Waals surface area contributed by atoms with Crippen LogP contribution >= 0.6 is 0 Å². The molecule has 0 aliphatic carbocycles. The van der Waals surface area contributed by atoms with Crippen LogP contribution in [0.3, 0.4) is 0 Å². The fourth-order valence-electron chi connectivity index (χ4n) is 3.28. The van der Waals surface area contributed by atoms with Crippen molar-refractivity contribution in [3.8, 4) is 0 Å². The van der Waals surface area contributed by atoms with E-state index in [1.54, 1.807) is 0 Å². The maximum absolute atomic E-state index is 4.49. The van der Waals surface area contributed by atoms with Gasteiger partial charge in [-0.2, -0.15) is 0 Å². The predicted molar refractivity (Wildman–Crippen MR) is 82.3 cm³/mol. The summed E-state index contributed by atoms with van der Waals surface area (Å²) in [4.78, 5) is 0. The van der Waals surface area contributed by atoms with Gasteiger partial charge in [-0.3, -0.25) is 0 Å². The van der Waals surface area contributed by atoms with Gasteiger partial charge in [-0.1, -0.05) is 54.6 Å². The summed E-state index contributed by atoms with van der Waals surface area (Å²) in [6.07, 6.45) is 1.03. The molecule has 1 unspecified atom stereocenters. The van der Waals surface area contributed by atoms with E-state index in [2.05, 4.69) is 69.4 Å². The fraction of sp³-hybridized carbons (Fsp3) is 0.222. The second-order valence-corrected chi connectivity index (χ2v) is 5.55. The standard InChI is InChI=1S/C18H17N3/c1-13-19-20-18-17(15-8-3-2-4-9-15)16-10-6-5-7-14(16)11-12-21(13)18/h2-10,17H,11-12H2,1H3. The molecule has 3 nitrogen and oxygen atoms in total. The maximum atomic E-state index is 4.49. The Balaban J connectivity index is 1.98. The van der Waals surface area contributed by atoms with Crippen LogP contribution in [0.5, 0.6) is 0 Å². The van der Waals surface area contributed by atoms with Crippen LogP contribution in [0.2, 0.25) is 0 Å². The van der Waals surface area contributed by atoms with Gasteiger partial charge in [-0.25, -0.2) is 0 Å². The lowest BCUT2D eigenvalue weighted by atomic mass is 9.87. The summed E-state index contributed by atoms with van der Waals surface area (Å²) in [6.45, 7) is 2.99. The normalized spacial score (nSPS) is 16.9. The average Bonchev–Trinajstić information content (AvgIpc) is 2.80. The van der Waals surface area contributed by atoms with E-state index < -0.39 is 0 Å². The van der Waals surface area contributed by atoms with Crippen LogP contribution in [-0.2, 0) is 13.0 Å². The maximum Gasteiger partial charge on any atom is 0.145 e. The van der Waals surface area contributed by atoms with Crippen molar-refractivity contribution >= 4 is 0 Å². The van der Waals surface area contributed by atoms with Crippen molar-refractivity contribution in [2.45, 2.75) is 25.8 Å². The molecule has 1 aliphatic heterocycles. The van der Waals surface area contributed by atoms with Crippen LogP contribution in [0.15, 0.2) is 54.6 Å². The van der Waals surface area contributed by atoms with Crippen LogP contribution < -0.4 is 0 Å². The molecule has 0 saturated carbocycles. The number of benzene rings is 2. The molecule has 0 amide bonds. The van der Waals surface area contributed by atoms with Gasteiger partial charge in [0.2, 0.25) is 0 Å². The monoisotopic (exact) mass is 275 g/mol. The molecule has 0 saturated heterocycles. The Labute approximate surface area is 124 Å². The molecular formula is C18H17N3. The first-order valence-corrected chi connectivity index (χ1v) is 7.37. The molecule has 2 heterocycles. The van der Waals surface area contributed by atoms with Gasteiger partial charge in [0.1, 0.15) is 11.6 Å². The zero-order valence-corrected chi connectivity index (χ0v) is 12.0. The summed E-state index contributed by atoms with van der Waals surface area (Å²) in [6, 6.07) is 19.3. The Morgan fingerprint density at radius 1 is 0.952 bits per heavy atom. The molecule has 0 N–H and O–H groups in total. The molecule has 3 aromatic rings. The van der Waals surface area contributed by atoms with Crippen LogP contribution in [-0.4, -0.2) is 14.8 Å². The van der Waals surface area contributed by atoms with E-state index in [-0.39, 0.29) is 5.92 Å². The third-order valence-corrected chi connectivity index (χ3v) is 4.33. The number of rotatable bonds is 1. The number of aromatic nitrogens is 3. The summed E-state index contributed by atoms with van der Waals surface area (Å²) in [5, 5.41) is 8.79. The Hall–Kier alpha value is -2.42. The molecule has 1 aliphatic rings. The third kappa shape index (κ3) is 1.97. The van der Waals surface area contributed by atoms with Gasteiger partial charge in [0.15, 0.2) is 0 Å². The Kier molecular flexibility index (Phi) is 2.85. The fourth-order valence-corrected chi connectivity index (χ4v) is 3.28. The minimum atomic E-state index is 0.172. The largest absolute Gasteiger partial charge is 0.314 e. The van der Waals surface area contributed by atoms with Crippen LogP contribution in [0, 0.1) is 6.92 Å². The van der Waals surface area contributed by atoms with Crippen molar-refractivity contribution in [2.24, 2.45) is 0 Å². The zero-order valence-electron chi connectivity index (χ0n) is 12.0. The van der Waals surface area contributed by atoms with E-state index in [1.807, 2.05) is 6.92 Å². The van der Waals surface area contributed by atoms with Gasteiger partial charge in [0.05, 0.1) is 5.92 Å². The van der Waals surface area contributed by atoms with E-state index in [9.17, 15) is 0 Å². The van der Waals surface area contributed by atoms with Gasteiger partial charge in [-0.15, -0.1) is 10.2 Å². The zero-order chi connectivity index (χ0) is 14.2. The molecule has 21 heavy (non-hydrogen) atoms. The van der Waals surface area contributed by atoms with Gasteiger partial charge in [0, 0.05) is 6.54 Å². The highest BCUT2D eigenvalue weighted by atomic mass is 15.3. The van der Waals surface area contributed by atoms with Gasteiger partial charge in [0.25, 0.3) is 0 Å². The number of hydrogen-bond donors (Lipinski definition) is 0. The SMILES string of the molecule is Cc1nnc2n1CCc1ccccc1C2c1ccccc1. The number of hydrogen-bond acceptors (Lipinski definition) is 2. The molecule has 2 aromatic carbocycles. The third-order valence-electron chi connectivity index (χ3n) is 4.33. The predicted octanol–water partition coefficient (Wildman–Crippen LogP) is 3.32. The van der Waals surface area contributed by atoms with Gasteiger partial charge >= 0.3 is 0 Å². The van der Waals surface area contributed by atoms with Crippen LogP contribution in [0.25, 0.3) is 0 Å². The molecular weight excluding hydrogens is 258 g/mol. The summed E-state index contributed by atoms with van der Waals surface area (Å²) in [5.41, 5.74) is 4.05. The first kappa shape index (κ1) is 12.3. The van der Waals surface area contributed by atoms with Crippen LogP contribution in [0.4, 0.5) is 0 Å². The van der Waals surface area contributed by atoms with Crippen molar-refractivity contribution in [3.05, 3.63) is 82.9 Å². The number of fused-ring (bicyclic) bond motifs is 2. The van der Waals surface area contributed by atoms with E-state index in [0.29, 0.717) is 0 Å². The summed E-state index contributed by atoms with van der Waals surface area (Å²) in [7, 11) is 0. The second-order valence-electron chi connectivity index (χ2n) is 5.55. The molecule has 1 aromatic heterocycles. The molecule has 0 radical (unpaired) electrons. The van der Waals surface area contributed by atoms with Crippen molar-refractivity contribution in [2.75, 3.05) is 0 Å². The highest BCUT2D eigenvalue weighted by Gasteiger charge is 2.27. The van der Waals surface area contributed by atoms with Crippen LogP contribution in [0.1, 0.15) is 34.3 Å². The average molecular weight is 275 g/mol. The molecule has 3 heteroatoms. The quantitative estimate of drug-likeness (QED) is 0.682. The molecule has 4 rings (SSSR count). The first-order valence-electron chi connectivity index (χ1n) is 7.37. The van der Waals surface area contributed by atoms with Crippen molar-refractivity contribution in [1.82, 2.24) is 14.8 Å². The lowest BCUT2D eigenvalue weighted by Crippen LogP contribution is -2.10. The lowest BCUT2D eigenvalue weighted by Gasteiger charge is -2.17. The lowest BCUT2D eigenvalue weighted by molar-refractivity contribution is 0.649. The Morgan fingerprint density at radius 2 is 1.71 bits per heavy atom. The topological polar surface area (TPSA) is 30.7 Å². The van der Waals surface area contributed by atoms with E-state index >= 15 is 0 Å². The van der Waals surface area contributed by atoms with E-state index in [0.717, 1.165) is 24.6 Å². The minimum absolute atomic E-state index is 0.172. The first-order chi connectivity index (χ1) is 10.3. The van der Waals surface area contributed by atoms with Gasteiger partial charge < -0.3 is 4.57 Å². The Morgan fingerprint density at radius 3 is 2.57 bits per heavy atom. The molecule has 104 valence electrons. The minimum Gasteiger partial charge on any atom is -0.314 e. The molecule has 1 atom stereocenters. The number of nitrogens with zero attached hydrogens (tertiary/aromatic N) is 3. The second kappa shape index (κ2) is 4.85. The van der Waals surface area contributed by atoms with E-state index in [1.165, 1.54) is 16.7 Å². The summed E-state index contributed by atoms with van der Waals surface area (Å²) >= 11 is 0. The van der Waals surface area contributed by atoms with Gasteiger partial charge in [-0.05, 0) is 30.0 Å². The summed E-state index contributed by atoms with van der Waals surface area (Å²) < 4.78 is 2.26. The highest BCUT2D eigenvalue weighted by Crippen LogP contribution is 2.35. The number of aryl methyl sites for hydroxylation is 2. The highest BCUT2D eigenvalue weighted by molar-refractivity contribution is 5.44. The van der Waals surface area contributed by atoms with Crippen molar-refractivity contribution < 1.29 is 0 Å². The van der Waals surface area contributed by atoms with Crippen molar-refractivity contribution in [3.63, 3.8) is 0 Å². The smallest absolute Gasteiger partial charge is 0.145 e.